The van der Waals surface area contributed by atoms with Crippen LogP contribution in [0.25, 0.3) is 0 Å². The van der Waals surface area contributed by atoms with E-state index in [-0.39, 0.29) is 35.9 Å². The predicted molar refractivity (Wildman–Crippen MR) is 89.9 cm³/mol. The first kappa shape index (κ1) is 18.5. The van der Waals surface area contributed by atoms with Gasteiger partial charge in [-0.2, -0.15) is 0 Å². The van der Waals surface area contributed by atoms with Crippen molar-refractivity contribution in [2.75, 3.05) is 12.3 Å². The van der Waals surface area contributed by atoms with Crippen LogP contribution in [-0.2, 0) is 15.6 Å². The molecule has 1 aromatic carbocycles. The molecule has 0 saturated carbocycles. The molecule has 0 aliphatic heterocycles. The molecule has 0 atom stereocenters. The molecule has 0 aliphatic carbocycles. The number of hydrogen-bond acceptors (Lipinski definition) is 6. The van der Waals surface area contributed by atoms with E-state index in [0.29, 0.717) is 0 Å². The Morgan fingerprint density at radius 2 is 1.68 bits per heavy atom. The van der Waals surface area contributed by atoms with Crippen LogP contribution in [-0.4, -0.2) is 47.7 Å². The highest BCUT2D eigenvalue weighted by Crippen LogP contribution is 2.07. The summed E-state index contributed by atoms with van der Waals surface area (Å²) in [5.74, 6) is -1.86. The monoisotopic (exact) mass is 363 g/mol. The van der Waals surface area contributed by atoms with Crippen LogP contribution in [0.4, 0.5) is 0 Å². The molecule has 2 N–H and O–H groups in total. The van der Waals surface area contributed by atoms with E-state index in [1.807, 2.05) is 6.07 Å². The van der Waals surface area contributed by atoms with E-state index in [0.717, 1.165) is 18.0 Å². The van der Waals surface area contributed by atoms with Gasteiger partial charge in [0.1, 0.15) is 5.69 Å². The highest BCUT2D eigenvalue weighted by Gasteiger charge is 2.13. The maximum atomic E-state index is 12.0. The number of carbonyl (C=O) groups excluding carboxylic acids is 1. The van der Waals surface area contributed by atoms with Gasteiger partial charge in [0, 0.05) is 6.54 Å². The first-order valence-electron chi connectivity index (χ1n) is 7.45. The molecular formula is C16H17N3O5S. The van der Waals surface area contributed by atoms with Gasteiger partial charge >= 0.3 is 5.97 Å². The van der Waals surface area contributed by atoms with Crippen molar-refractivity contribution < 1.29 is 23.1 Å². The number of nitrogens with one attached hydrogen (secondary N) is 1. The van der Waals surface area contributed by atoms with Gasteiger partial charge in [0.25, 0.3) is 5.91 Å². The summed E-state index contributed by atoms with van der Waals surface area (Å²) < 4.78 is 24.1. The minimum absolute atomic E-state index is 0.0304. The summed E-state index contributed by atoms with van der Waals surface area (Å²) in [7, 11) is -3.26. The number of amides is 1. The van der Waals surface area contributed by atoms with Crippen LogP contribution in [0.3, 0.4) is 0 Å². The second kappa shape index (κ2) is 8.34. The van der Waals surface area contributed by atoms with Gasteiger partial charge < -0.3 is 10.4 Å². The summed E-state index contributed by atoms with van der Waals surface area (Å²) in [4.78, 5) is 29.8. The fourth-order valence-electron chi connectivity index (χ4n) is 2.04. The third-order valence-corrected chi connectivity index (χ3v) is 4.93. The summed E-state index contributed by atoms with van der Waals surface area (Å²) in [5, 5.41) is 11.2. The van der Waals surface area contributed by atoms with Gasteiger partial charge in [0.2, 0.25) is 0 Å². The molecule has 1 amide bonds. The number of hydrogen-bond donors (Lipinski definition) is 2. The largest absolute Gasteiger partial charge is 0.476 e. The lowest BCUT2D eigenvalue weighted by Crippen LogP contribution is -2.27. The fourth-order valence-corrected chi connectivity index (χ4v) is 3.47. The fraction of sp³-hybridized carbons (Fsp3) is 0.250. The zero-order valence-corrected chi connectivity index (χ0v) is 14.1. The number of aromatic nitrogens is 2. The zero-order chi connectivity index (χ0) is 18.3. The molecule has 0 unspecified atom stereocenters. The van der Waals surface area contributed by atoms with Gasteiger partial charge in [-0.15, -0.1) is 0 Å². The molecule has 0 saturated heterocycles. The standard InChI is InChI=1S/C16H17N3O5S/c20-15(13-9-19-14(10-18-13)16(21)22)17-7-4-8-25(23,24)11-12-5-2-1-3-6-12/h1-3,5-6,9-10H,4,7-8,11H2,(H,17,20)(H,21,22). The van der Waals surface area contributed by atoms with Crippen LogP contribution in [0.15, 0.2) is 42.7 Å². The van der Waals surface area contributed by atoms with Crippen LogP contribution in [0.1, 0.15) is 33.0 Å². The van der Waals surface area contributed by atoms with Gasteiger partial charge in [-0.3, -0.25) is 4.79 Å². The number of aromatic carboxylic acids is 1. The summed E-state index contributed by atoms with van der Waals surface area (Å²) in [6, 6.07) is 8.87. The van der Waals surface area contributed by atoms with Crippen LogP contribution in [0.2, 0.25) is 0 Å². The number of carboxylic acids is 1. The van der Waals surface area contributed by atoms with Crippen LogP contribution >= 0.6 is 0 Å². The van der Waals surface area contributed by atoms with Gasteiger partial charge in [0.05, 0.1) is 23.9 Å². The van der Waals surface area contributed by atoms with E-state index in [4.69, 9.17) is 5.11 Å². The number of nitrogens with zero attached hydrogens (tertiary/aromatic N) is 2. The molecule has 0 bridgehead atoms. The minimum atomic E-state index is -3.26. The van der Waals surface area contributed by atoms with Crippen molar-refractivity contribution >= 4 is 21.7 Å². The van der Waals surface area contributed by atoms with Crippen LogP contribution < -0.4 is 5.32 Å². The Bertz CT molecular complexity index is 836. The smallest absolute Gasteiger partial charge is 0.356 e. The maximum Gasteiger partial charge on any atom is 0.356 e. The van der Waals surface area contributed by atoms with E-state index in [9.17, 15) is 18.0 Å². The third kappa shape index (κ3) is 5.96. The first-order valence-corrected chi connectivity index (χ1v) is 9.27. The average Bonchev–Trinajstić information content (AvgIpc) is 2.59. The third-order valence-electron chi connectivity index (χ3n) is 3.25. The summed E-state index contributed by atoms with van der Waals surface area (Å²) in [6.45, 7) is 0.162. The van der Waals surface area contributed by atoms with Crippen LogP contribution in [0.5, 0.6) is 0 Å². The topological polar surface area (TPSA) is 126 Å². The molecule has 8 nitrogen and oxygen atoms in total. The van der Waals surface area contributed by atoms with E-state index in [2.05, 4.69) is 15.3 Å². The predicted octanol–water partition coefficient (Wildman–Crippen LogP) is 0.910. The first-order chi connectivity index (χ1) is 11.9. The molecule has 1 aromatic heterocycles. The molecule has 25 heavy (non-hydrogen) atoms. The van der Waals surface area contributed by atoms with Gasteiger partial charge in [-0.1, -0.05) is 30.3 Å². The summed E-state index contributed by atoms with van der Waals surface area (Å²) >= 11 is 0. The maximum absolute atomic E-state index is 12.0. The molecule has 1 heterocycles. The number of benzene rings is 1. The molecule has 9 heteroatoms. The van der Waals surface area contributed by atoms with E-state index >= 15 is 0 Å². The molecule has 0 radical (unpaired) electrons. The van der Waals surface area contributed by atoms with Crippen LogP contribution in [0, 0.1) is 0 Å². The van der Waals surface area contributed by atoms with Gasteiger partial charge in [0.15, 0.2) is 15.5 Å². The van der Waals surface area contributed by atoms with Crippen molar-refractivity contribution in [3.63, 3.8) is 0 Å². The zero-order valence-electron chi connectivity index (χ0n) is 13.3. The Kier molecular flexibility index (Phi) is 6.18. The van der Waals surface area contributed by atoms with Crippen molar-refractivity contribution in [1.82, 2.24) is 15.3 Å². The Labute approximate surface area is 144 Å². The molecule has 0 aliphatic rings. The molecule has 2 rings (SSSR count). The van der Waals surface area contributed by atoms with Gasteiger partial charge in [-0.05, 0) is 12.0 Å². The van der Waals surface area contributed by atoms with Crippen molar-refractivity contribution in [3.8, 4) is 0 Å². The Hall–Kier alpha value is -2.81. The number of carbonyl (C=O) groups is 2. The van der Waals surface area contributed by atoms with Gasteiger partial charge in [-0.25, -0.2) is 23.2 Å². The molecular weight excluding hydrogens is 346 g/mol. The second-order valence-corrected chi connectivity index (χ2v) is 7.46. The quantitative estimate of drug-likeness (QED) is 0.667. The average molecular weight is 363 g/mol. The lowest BCUT2D eigenvalue weighted by atomic mass is 10.2. The number of rotatable bonds is 8. The molecule has 132 valence electrons. The minimum Gasteiger partial charge on any atom is -0.476 e. The van der Waals surface area contributed by atoms with Crippen molar-refractivity contribution in [1.29, 1.82) is 0 Å². The van der Waals surface area contributed by atoms with Crippen molar-refractivity contribution in [2.45, 2.75) is 12.2 Å². The highest BCUT2D eigenvalue weighted by atomic mass is 32.2. The number of carboxylic acid groups (broad SMARTS) is 1. The molecule has 2 aromatic rings. The Morgan fingerprint density at radius 1 is 1.04 bits per heavy atom. The Balaban J connectivity index is 1.78. The van der Waals surface area contributed by atoms with E-state index in [1.165, 1.54) is 0 Å². The highest BCUT2D eigenvalue weighted by molar-refractivity contribution is 7.90. The van der Waals surface area contributed by atoms with Crippen molar-refractivity contribution in [3.05, 3.63) is 59.7 Å². The second-order valence-electron chi connectivity index (χ2n) is 5.28. The van der Waals surface area contributed by atoms with E-state index in [1.54, 1.807) is 24.3 Å². The number of sulfone groups is 1. The summed E-state index contributed by atoms with van der Waals surface area (Å²) in [5.41, 5.74) is 0.432. The lowest BCUT2D eigenvalue weighted by Gasteiger charge is -2.06. The van der Waals surface area contributed by atoms with Crippen molar-refractivity contribution in [2.24, 2.45) is 0 Å². The molecule has 0 fully saturated rings. The normalized spacial score (nSPS) is 11.0. The van der Waals surface area contributed by atoms with E-state index < -0.39 is 21.7 Å². The lowest BCUT2D eigenvalue weighted by molar-refractivity contribution is 0.0689. The summed E-state index contributed by atoms with van der Waals surface area (Å²) in [6.07, 6.45) is 2.31. The molecule has 0 spiro atoms. The Morgan fingerprint density at radius 3 is 2.28 bits per heavy atom. The SMILES string of the molecule is O=C(O)c1cnc(C(=O)NCCCS(=O)(=O)Cc2ccccc2)cn1.